The van der Waals surface area contributed by atoms with E-state index in [4.69, 9.17) is 5.73 Å². The van der Waals surface area contributed by atoms with Gasteiger partial charge < -0.3 is 10.6 Å². The molecule has 1 aliphatic rings. The van der Waals surface area contributed by atoms with E-state index in [0.29, 0.717) is 11.9 Å². The fraction of sp³-hybridized carbons (Fsp3) is 0.500. The van der Waals surface area contributed by atoms with Gasteiger partial charge in [-0.3, -0.25) is 4.68 Å². The van der Waals surface area contributed by atoms with Gasteiger partial charge in [0.2, 0.25) is 0 Å². The molecular weight excluding hydrogens is 341 g/mol. The third kappa shape index (κ3) is 1.97. The van der Waals surface area contributed by atoms with Gasteiger partial charge in [0.05, 0.1) is 16.9 Å². The molecule has 0 spiro atoms. The summed E-state index contributed by atoms with van der Waals surface area (Å²) < 4.78 is 3.09. The minimum atomic E-state index is 0.481. The number of halogens is 1. The first-order valence-electron chi connectivity index (χ1n) is 6.13. The molecule has 1 fully saturated rings. The van der Waals surface area contributed by atoms with Crippen molar-refractivity contribution in [3.8, 4) is 0 Å². The van der Waals surface area contributed by atoms with Gasteiger partial charge >= 0.3 is 0 Å². The predicted molar refractivity (Wildman–Crippen MR) is 80.4 cm³/mol. The number of aromatic nitrogens is 3. The summed E-state index contributed by atoms with van der Waals surface area (Å²) in [5.74, 6) is 0.580. The van der Waals surface area contributed by atoms with Gasteiger partial charge in [0.15, 0.2) is 0 Å². The van der Waals surface area contributed by atoms with Crippen molar-refractivity contribution >= 4 is 39.3 Å². The topological polar surface area (TPSA) is 60.0 Å². The van der Waals surface area contributed by atoms with Crippen molar-refractivity contribution in [3.05, 3.63) is 16.0 Å². The molecule has 2 aromatic rings. The zero-order valence-electron chi connectivity index (χ0n) is 10.3. The van der Waals surface area contributed by atoms with Crippen LogP contribution in [0.25, 0.3) is 10.9 Å². The molecule has 2 N–H and O–H groups in total. The molecule has 0 unspecified atom stereocenters. The van der Waals surface area contributed by atoms with Gasteiger partial charge in [-0.1, -0.05) is 0 Å². The Morgan fingerprint density at radius 3 is 2.83 bits per heavy atom. The van der Waals surface area contributed by atoms with Crippen LogP contribution in [0.4, 0.5) is 5.82 Å². The maximum Gasteiger partial charge on any atom is 0.135 e. The fourth-order valence-corrected chi connectivity index (χ4v) is 3.37. The standard InChI is InChI=1S/C12H16IN5/c1-17-6-3-8(4-7-17)18-9-2-5-15-12(14)10(9)11(13)16-18/h2,5,8H,3-4,6-7H2,1H3,(H2,14,15). The predicted octanol–water partition coefficient (Wildman–Crippen LogP) is 1.88. The SMILES string of the molecule is CN1CCC(n2nc(I)c3c(N)nccc32)CC1. The van der Waals surface area contributed by atoms with E-state index in [0.717, 1.165) is 40.5 Å². The Labute approximate surface area is 119 Å². The lowest BCUT2D eigenvalue weighted by molar-refractivity contribution is 0.215. The highest BCUT2D eigenvalue weighted by atomic mass is 127. The summed E-state index contributed by atoms with van der Waals surface area (Å²) >= 11 is 2.24. The number of nitrogens with two attached hydrogens (primary N) is 1. The van der Waals surface area contributed by atoms with E-state index in [1.54, 1.807) is 6.20 Å². The number of pyridine rings is 1. The molecule has 6 heteroatoms. The van der Waals surface area contributed by atoms with E-state index in [1.807, 2.05) is 6.07 Å². The van der Waals surface area contributed by atoms with Crippen LogP contribution in [0, 0.1) is 3.70 Å². The monoisotopic (exact) mass is 357 g/mol. The van der Waals surface area contributed by atoms with Crippen molar-refractivity contribution in [1.29, 1.82) is 0 Å². The first-order chi connectivity index (χ1) is 8.66. The number of nitrogens with zero attached hydrogens (tertiary/aromatic N) is 4. The van der Waals surface area contributed by atoms with Gasteiger partial charge in [0, 0.05) is 6.20 Å². The summed E-state index contributed by atoms with van der Waals surface area (Å²) in [7, 11) is 2.17. The highest BCUT2D eigenvalue weighted by Crippen LogP contribution is 2.30. The lowest BCUT2D eigenvalue weighted by Crippen LogP contribution is -2.31. The molecule has 3 heterocycles. The molecule has 96 valence electrons. The van der Waals surface area contributed by atoms with Crippen LogP contribution in [0.15, 0.2) is 12.3 Å². The number of anilines is 1. The normalized spacial score (nSPS) is 18.6. The van der Waals surface area contributed by atoms with Gasteiger partial charge in [-0.15, -0.1) is 0 Å². The van der Waals surface area contributed by atoms with Gasteiger partial charge in [0.25, 0.3) is 0 Å². The van der Waals surface area contributed by atoms with Crippen LogP contribution in [0.3, 0.4) is 0 Å². The van der Waals surface area contributed by atoms with Gasteiger partial charge in [-0.05, 0) is 61.6 Å². The fourth-order valence-electron chi connectivity index (χ4n) is 2.59. The maximum atomic E-state index is 5.94. The minimum absolute atomic E-state index is 0.481. The number of nitrogen functional groups attached to an aromatic ring is 1. The molecule has 0 saturated carbocycles. The molecule has 0 aliphatic carbocycles. The summed E-state index contributed by atoms with van der Waals surface area (Å²) in [6, 6.07) is 2.49. The Kier molecular flexibility index (Phi) is 3.14. The Morgan fingerprint density at radius 1 is 1.39 bits per heavy atom. The highest BCUT2D eigenvalue weighted by molar-refractivity contribution is 14.1. The number of piperidine rings is 1. The summed E-state index contributed by atoms with van der Waals surface area (Å²) in [6.07, 6.45) is 4.05. The van der Waals surface area contributed by atoms with E-state index in [9.17, 15) is 0 Å². The number of hydrogen-bond acceptors (Lipinski definition) is 4. The largest absolute Gasteiger partial charge is 0.383 e. The van der Waals surface area contributed by atoms with E-state index in [-0.39, 0.29) is 0 Å². The summed E-state index contributed by atoms with van der Waals surface area (Å²) in [5.41, 5.74) is 7.06. The third-order valence-corrected chi connectivity index (χ3v) is 4.40. The zero-order chi connectivity index (χ0) is 12.7. The number of fused-ring (bicyclic) bond motifs is 1. The first kappa shape index (κ1) is 12.2. The molecule has 0 amide bonds. The van der Waals surface area contributed by atoms with Gasteiger partial charge in [-0.2, -0.15) is 5.10 Å². The molecule has 0 bridgehead atoms. The van der Waals surface area contributed by atoms with E-state index in [1.165, 1.54) is 0 Å². The second-order valence-corrected chi connectivity index (χ2v) is 5.88. The second kappa shape index (κ2) is 4.65. The van der Waals surface area contributed by atoms with Crippen LogP contribution < -0.4 is 5.73 Å². The maximum absolute atomic E-state index is 5.94. The van der Waals surface area contributed by atoms with Crippen molar-refractivity contribution in [3.63, 3.8) is 0 Å². The number of likely N-dealkylation sites (tertiary alicyclic amines) is 1. The average molecular weight is 357 g/mol. The van der Waals surface area contributed by atoms with Crippen LogP contribution in [0.5, 0.6) is 0 Å². The Balaban J connectivity index is 2.05. The minimum Gasteiger partial charge on any atom is -0.383 e. The lowest BCUT2D eigenvalue weighted by atomic mass is 10.1. The second-order valence-electron chi connectivity index (χ2n) is 4.86. The smallest absolute Gasteiger partial charge is 0.135 e. The molecule has 5 nitrogen and oxygen atoms in total. The third-order valence-electron chi connectivity index (χ3n) is 3.64. The molecule has 2 aromatic heterocycles. The summed E-state index contributed by atoms with van der Waals surface area (Å²) in [6.45, 7) is 2.26. The first-order valence-corrected chi connectivity index (χ1v) is 7.21. The Bertz CT molecular complexity index is 571. The molecular formula is C12H16IN5. The highest BCUT2D eigenvalue weighted by Gasteiger charge is 2.22. The lowest BCUT2D eigenvalue weighted by Gasteiger charge is -2.29. The molecule has 0 atom stereocenters. The summed E-state index contributed by atoms with van der Waals surface area (Å²) in [4.78, 5) is 6.51. The quantitative estimate of drug-likeness (QED) is 0.792. The average Bonchev–Trinajstić information content (AvgIpc) is 2.69. The molecule has 18 heavy (non-hydrogen) atoms. The van der Waals surface area contributed by atoms with Gasteiger partial charge in [0.1, 0.15) is 9.52 Å². The molecule has 0 aromatic carbocycles. The van der Waals surface area contributed by atoms with Crippen molar-refractivity contribution < 1.29 is 0 Å². The van der Waals surface area contributed by atoms with Crippen LogP contribution in [-0.4, -0.2) is 39.8 Å². The van der Waals surface area contributed by atoms with Gasteiger partial charge in [-0.25, -0.2) is 4.98 Å². The number of rotatable bonds is 1. The van der Waals surface area contributed by atoms with E-state index < -0.39 is 0 Å². The van der Waals surface area contributed by atoms with Crippen LogP contribution >= 0.6 is 22.6 Å². The molecule has 3 rings (SSSR count). The van der Waals surface area contributed by atoms with Crippen molar-refractivity contribution in [2.45, 2.75) is 18.9 Å². The van der Waals surface area contributed by atoms with Crippen molar-refractivity contribution in [1.82, 2.24) is 19.7 Å². The Morgan fingerprint density at radius 2 is 2.11 bits per heavy atom. The van der Waals surface area contributed by atoms with Crippen molar-refractivity contribution in [2.24, 2.45) is 0 Å². The Hall–Kier alpha value is -0.890. The van der Waals surface area contributed by atoms with Crippen LogP contribution in [-0.2, 0) is 0 Å². The van der Waals surface area contributed by atoms with Crippen LogP contribution in [0.1, 0.15) is 18.9 Å². The van der Waals surface area contributed by atoms with Crippen molar-refractivity contribution in [2.75, 3.05) is 25.9 Å². The molecule has 1 saturated heterocycles. The molecule has 1 aliphatic heterocycles. The van der Waals surface area contributed by atoms with E-state index >= 15 is 0 Å². The van der Waals surface area contributed by atoms with Crippen LogP contribution in [0.2, 0.25) is 0 Å². The summed E-state index contributed by atoms with van der Waals surface area (Å²) in [5, 5.41) is 5.66. The number of hydrogen-bond donors (Lipinski definition) is 1. The zero-order valence-corrected chi connectivity index (χ0v) is 12.5. The molecule has 0 radical (unpaired) electrons. The van der Waals surface area contributed by atoms with E-state index in [2.05, 4.69) is 49.3 Å².